The van der Waals surface area contributed by atoms with Crippen LogP contribution in [-0.2, 0) is 59.0 Å². The molecule has 365 valence electrons. The first-order valence-corrected chi connectivity index (χ1v) is 27.9. The van der Waals surface area contributed by atoms with Crippen molar-refractivity contribution in [3.63, 3.8) is 0 Å². The van der Waals surface area contributed by atoms with Gasteiger partial charge in [-0.15, -0.1) is 37.2 Å². The number of hydrogen-bond acceptors (Lipinski definition) is 0. The average molecular weight is 1060 g/mol. The van der Waals surface area contributed by atoms with Gasteiger partial charge in [-0.3, -0.25) is 0 Å². The van der Waals surface area contributed by atoms with Crippen LogP contribution < -0.4 is 15.6 Å². The summed E-state index contributed by atoms with van der Waals surface area (Å²) >= 11 is 2.41. The van der Waals surface area contributed by atoms with Crippen molar-refractivity contribution in [3.05, 3.63) is 324 Å². The fourth-order valence-electron chi connectivity index (χ4n) is 11.1. The summed E-state index contributed by atoms with van der Waals surface area (Å²) in [6.07, 6.45) is 8.86. The van der Waals surface area contributed by atoms with Crippen LogP contribution in [0.2, 0.25) is 0 Å². The number of halogens is 3. The first-order chi connectivity index (χ1) is 34.3. The van der Waals surface area contributed by atoms with Crippen LogP contribution in [0.25, 0.3) is 0 Å². The van der Waals surface area contributed by atoms with Crippen molar-refractivity contribution in [2.24, 2.45) is 5.92 Å². The molecular weight excluding hydrogens is 999 g/mol. The van der Waals surface area contributed by atoms with Gasteiger partial charge in [0.05, 0.1) is 0 Å². The Labute approximate surface area is 466 Å². The third-order valence-electron chi connectivity index (χ3n) is 14.1. The van der Waals surface area contributed by atoms with Gasteiger partial charge in [0.1, 0.15) is 0 Å². The van der Waals surface area contributed by atoms with Crippen LogP contribution in [0, 0.1) is 5.92 Å². The normalized spacial score (nSPS) is 12.1. The number of allylic oxidation sites excluding steroid dienone is 4. The summed E-state index contributed by atoms with van der Waals surface area (Å²) in [6, 6.07) is 90.1. The largest absolute Gasteiger partial charge is 0.147 e. The van der Waals surface area contributed by atoms with E-state index in [9.17, 15) is 0 Å². The summed E-state index contributed by atoms with van der Waals surface area (Å²) < 4.78 is 1.50. The van der Waals surface area contributed by atoms with E-state index >= 15 is 0 Å². The monoisotopic (exact) mass is 1060 g/mol. The molecule has 0 bridgehead atoms. The first-order valence-electron chi connectivity index (χ1n) is 25.1. The van der Waals surface area contributed by atoms with E-state index in [0.29, 0.717) is 5.92 Å². The van der Waals surface area contributed by atoms with E-state index in [1.165, 1.54) is 86.2 Å². The van der Waals surface area contributed by atoms with Gasteiger partial charge >= 0.3 is 433 Å². The third-order valence-corrected chi connectivity index (χ3v) is 19.6. The molecule has 0 saturated heterocycles. The van der Waals surface area contributed by atoms with Gasteiger partial charge in [-0.2, -0.15) is 0 Å². The molecule has 9 aromatic rings. The number of benzene rings is 9. The summed E-state index contributed by atoms with van der Waals surface area (Å²) in [7, 11) is -3.25. The van der Waals surface area contributed by atoms with Gasteiger partial charge in [0.25, 0.3) is 0 Å². The van der Waals surface area contributed by atoms with Crippen molar-refractivity contribution < 1.29 is 20.4 Å². The van der Waals surface area contributed by atoms with Crippen LogP contribution in [-0.4, -0.2) is 8.07 Å². The molecule has 0 saturated carbocycles. The molecule has 0 unspecified atom stereocenters. The van der Waals surface area contributed by atoms with E-state index in [-0.39, 0.29) is 37.2 Å². The molecule has 0 heterocycles. The Morgan fingerprint density at radius 3 is 0.753 bits per heavy atom. The maximum absolute atomic E-state index is 3.25. The average Bonchev–Trinajstić information content (AvgIpc) is 3.77. The molecule has 5 heteroatoms. The molecular formula is C68H64Cl3SiTi. The molecule has 0 fully saturated rings. The minimum absolute atomic E-state index is 0. The van der Waals surface area contributed by atoms with Crippen molar-refractivity contribution in [3.8, 4) is 0 Å². The van der Waals surface area contributed by atoms with Crippen LogP contribution in [0.1, 0.15) is 87.0 Å². The molecule has 0 aromatic heterocycles. The molecule has 0 N–H and O–H groups in total. The van der Waals surface area contributed by atoms with Crippen LogP contribution in [0.5, 0.6) is 0 Å². The maximum Gasteiger partial charge on any atom is -0.147 e. The zero-order chi connectivity index (χ0) is 47.7. The van der Waals surface area contributed by atoms with Crippen molar-refractivity contribution in [1.82, 2.24) is 0 Å². The maximum atomic E-state index is 2.68. The second-order valence-electron chi connectivity index (χ2n) is 19.7. The van der Waals surface area contributed by atoms with Gasteiger partial charge in [0, 0.05) is 0 Å². The molecule has 0 aliphatic heterocycles. The van der Waals surface area contributed by atoms with E-state index in [2.05, 4.69) is 277 Å². The summed E-state index contributed by atoms with van der Waals surface area (Å²) in [4.78, 5) is 0. The van der Waals surface area contributed by atoms with Crippen LogP contribution >= 0.6 is 37.2 Å². The Hall–Kier alpha value is -5.74. The molecule has 0 radical (unpaired) electrons. The number of rotatable bonds is 17. The van der Waals surface area contributed by atoms with Gasteiger partial charge < -0.3 is 0 Å². The Morgan fingerprint density at radius 1 is 0.329 bits per heavy atom. The molecule has 73 heavy (non-hydrogen) atoms. The van der Waals surface area contributed by atoms with Crippen molar-refractivity contribution in [2.45, 2.75) is 58.8 Å². The molecule has 0 nitrogen and oxygen atoms in total. The van der Waals surface area contributed by atoms with Crippen LogP contribution in [0.15, 0.2) is 257 Å². The second-order valence-corrected chi connectivity index (χ2v) is 24.4. The first kappa shape index (κ1) is 55.0. The Morgan fingerprint density at radius 2 is 0.548 bits per heavy atom. The van der Waals surface area contributed by atoms with Gasteiger partial charge in [0.2, 0.25) is 0 Å². The van der Waals surface area contributed by atoms with Crippen molar-refractivity contribution in [2.75, 3.05) is 0 Å². The summed E-state index contributed by atoms with van der Waals surface area (Å²) in [6.45, 7) is 4.87. The predicted molar refractivity (Wildman–Crippen MR) is 316 cm³/mol. The van der Waals surface area contributed by atoms with Crippen LogP contribution in [0.4, 0.5) is 0 Å². The van der Waals surface area contributed by atoms with E-state index in [1.54, 1.807) is 10.8 Å². The fraction of sp³-hybridized carbons (Fsp3) is 0.147. The van der Waals surface area contributed by atoms with E-state index in [4.69, 9.17) is 0 Å². The SMILES string of the molecule is CC(C)C1=[C]([Ti])CC=C1[Si](c1cc(Cc2ccccc2)cc(Cc2ccccc2)c1)(c1cc(Cc2ccccc2)cc(Cc2ccccc2)c1)c1cc(Cc2ccccc2)cc(Cc2ccccc2)c1.Cl.Cl.Cl. The molecule has 10 rings (SSSR count). The van der Waals surface area contributed by atoms with E-state index in [1.807, 2.05) is 0 Å². The molecule has 0 spiro atoms. The van der Waals surface area contributed by atoms with Gasteiger partial charge in [-0.1, -0.05) is 0 Å². The van der Waals surface area contributed by atoms with Gasteiger partial charge in [0.15, 0.2) is 0 Å². The zero-order valence-corrected chi connectivity index (χ0v) is 46.9. The third kappa shape index (κ3) is 13.3. The Bertz CT molecular complexity index is 2750. The van der Waals surface area contributed by atoms with E-state index in [0.717, 1.165) is 44.9 Å². The standard InChI is InChI=1S/C68H61Si.3ClH.Ti/c1-51(2)67-34-21-35-68(67)69(64-45-58(36-52-22-9-3-10-23-52)42-59(46-64)37-53-24-11-4-12-25-53,65-47-60(38-54-26-13-5-14-27-54)43-61(48-65)39-55-28-15-6-16-29-55)66-49-62(40-56-30-17-7-18-31-56)44-63(50-66)41-57-32-19-8-20-33-57;;;;/h3-20,22-33,35,42-51H,21,36-41H2,1-2H3;3*1H;. The quantitative estimate of drug-likeness (QED) is 0.0630. The Balaban J connectivity index is 0.00000260. The topological polar surface area (TPSA) is 0 Å². The smallest absolute Gasteiger partial charge is 0.147 e. The molecule has 1 aliphatic carbocycles. The molecule has 9 aromatic carbocycles. The summed E-state index contributed by atoms with van der Waals surface area (Å²) in [5.74, 6) is 0.351. The van der Waals surface area contributed by atoms with Crippen LogP contribution in [0.3, 0.4) is 0 Å². The molecule has 0 atom stereocenters. The zero-order valence-electron chi connectivity index (χ0n) is 41.8. The van der Waals surface area contributed by atoms with E-state index < -0.39 is 8.07 Å². The number of hydrogen-bond donors (Lipinski definition) is 0. The van der Waals surface area contributed by atoms with Gasteiger partial charge in [-0.25, -0.2) is 0 Å². The summed E-state index contributed by atoms with van der Waals surface area (Å²) in [5.41, 5.74) is 17.8. The van der Waals surface area contributed by atoms with Gasteiger partial charge in [-0.05, 0) is 0 Å². The van der Waals surface area contributed by atoms with Crippen molar-refractivity contribution in [1.29, 1.82) is 0 Å². The second kappa shape index (κ2) is 26.0. The minimum Gasteiger partial charge on any atom is -0.147 e. The summed E-state index contributed by atoms with van der Waals surface area (Å²) in [5, 5.41) is 5.97. The fourth-order valence-corrected chi connectivity index (χ4v) is 17.7. The molecule has 0 amide bonds. The predicted octanol–water partition coefficient (Wildman–Crippen LogP) is 15.3. The molecule has 1 aliphatic rings. The van der Waals surface area contributed by atoms with Crippen molar-refractivity contribution >= 4 is 60.9 Å². The Kier molecular flexibility index (Phi) is 19.6. The minimum atomic E-state index is -3.25.